The van der Waals surface area contributed by atoms with Gasteiger partial charge in [-0.05, 0) is 37.0 Å². The first-order valence-corrected chi connectivity index (χ1v) is 8.29. The number of thioether (sulfide) groups is 1. The molecule has 1 amide bonds. The monoisotopic (exact) mass is 347 g/mol. The zero-order valence-electron chi connectivity index (χ0n) is 11.1. The topological polar surface area (TPSA) is 66.4 Å². The van der Waals surface area contributed by atoms with Crippen LogP contribution in [0, 0.1) is 5.92 Å². The Morgan fingerprint density at radius 3 is 2.71 bits per heavy atom. The van der Waals surface area contributed by atoms with Crippen LogP contribution >= 0.6 is 35.0 Å². The van der Waals surface area contributed by atoms with E-state index in [1.54, 1.807) is 18.2 Å². The van der Waals surface area contributed by atoms with E-state index < -0.39 is 5.97 Å². The fourth-order valence-corrected chi connectivity index (χ4v) is 3.31. The van der Waals surface area contributed by atoms with Crippen molar-refractivity contribution in [2.75, 3.05) is 5.75 Å². The molecule has 0 aromatic heterocycles. The molecule has 0 spiro atoms. The fourth-order valence-electron chi connectivity index (χ4n) is 2.00. The number of hydrogen-bond donors (Lipinski definition) is 2. The molecule has 1 aliphatic rings. The molecule has 114 valence electrons. The van der Waals surface area contributed by atoms with Crippen molar-refractivity contribution < 1.29 is 14.7 Å². The molecule has 1 atom stereocenters. The van der Waals surface area contributed by atoms with E-state index in [1.165, 1.54) is 11.8 Å². The summed E-state index contributed by atoms with van der Waals surface area (Å²) in [7, 11) is 0. The van der Waals surface area contributed by atoms with Gasteiger partial charge in [-0.15, -0.1) is 11.8 Å². The molecule has 0 heterocycles. The highest BCUT2D eigenvalue weighted by Crippen LogP contribution is 2.34. The number of carboxylic acid groups (broad SMARTS) is 1. The van der Waals surface area contributed by atoms with Gasteiger partial charge >= 0.3 is 5.97 Å². The van der Waals surface area contributed by atoms with Crippen molar-refractivity contribution in [1.29, 1.82) is 0 Å². The molecule has 0 radical (unpaired) electrons. The molecular weight excluding hydrogens is 333 g/mol. The molecule has 21 heavy (non-hydrogen) atoms. The molecule has 0 saturated heterocycles. The number of amides is 1. The SMILES string of the molecule is O=C(O)CC(NC(=O)CSc1cc(Cl)ccc1Cl)C1CC1. The summed E-state index contributed by atoms with van der Waals surface area (Å²) < 4.78 is 0. The first-order chi connectivity index (χ1) is 9.95. The zero-order valence-corrected chi connectivity index (χ0v) is 13.5. The van der Waals surface area contributed by atoms with E-state index >= 15 is 0 Å². The Morgan fingerprint density at radius 2 is 2.10 bits per heavy atom. The molecule has 1 aliphatic carbocycles. The quantitative estimate of drug-likeness (QED) is 0.741. The first kappa shape index (κ1) is 16.5. The number of rotatable bonds is 7. The minimum Gasteiger partial charge on any atom is -0.481 e. The van der Waals surface area contributed by atoms with E-state index in [4.69, 9.17) is 28.3 Å². The van der Waals surface area contributed by atoms with E-state index in [2.05, 4.69) is 5.32 Å². The summed E-state index contributed by atoms with van der Waals surface area (Å²) in [6.07, 6.45) is 1.93. The van der Waals surface area contributed by atoms with E-state index in [-0.39, 0.29) is 24.1 Å². The van der Waals surface area contributed by atoms with E-state index in [0.717, 1.165) is 17.7 Å². The number of hydrogen-bond acceptors (Lipinski definition) is 3. The van der Waals surface area contributed by atoms with Gasteiger partial charge in [0.25, 0.3) is 0 Å². The van der Waals surface area contributed by atoms with Gasteiger partial charge in [0.1, 0.15) is 0 Å². The molecule has 4 nitrogen and oxygen atoms in total. The van der Waals surface area contributed by atoms with Crippen LogP contribution < -0.4 is 5.32 Å². The minimum atomic E-state index is -0.891. The molecule has 0 bridgehead atoms. The van der Waals surface area contributed by atoms with Crippen LogP contribution in [0.2, 0.25) is 10.0 Å². The second-order valence-corrected chi connectivity index (χ2v) is 6.83. The van der Waals surface area contributed by atoms with Crippen LogP contribution in [0.25, 0.3) is 0 Å². The predicted molar refractivity (Wildman–Crippen MR) is 84.1 cm³/mol. The van der Waals surface area contributed by atoms with E-state index in [0.29, 0.717) is 16.0 Å². The van der Waals surface area contributed by atoms with Crippen molar-refractivity contribution in [2.45, 2.75) is 30.2 Å². The van der Waals surface area contributed by atoms with E-state index in [9.17, 15) is 9.59 Å². The Labute approximate surface area is 137 Å². The Hall–Kier alpha value is -0.910. The number of nitrogens with one attached hydrogen (secondary N) is 1. The smallest absolute Gasteiger partial charge is 0.305 e. The Morgan fingerprint density at radius 1 is 1.38 bits per heavy atom. The van der Waals surface area contributed by atoms with Crippen LogP contribution in [0.15, 0.2) is 23.1 Å². The summed E-state index contributed by atoms with van der Waals surface area (Å²) >= 11 is 13.2. The second-order valence-electron chi connectivity index (χ2n) is 4.97. The molecule has 7 heteroatoms. The molecule has 1 saturated carbocycles. The predicted octanol–water partition coefficient (Wildman–Crippen LogP) is 3.46. The molecule has 1 aromatic carbocycles. The number of carboxylic acids is 1. The summed E-state index contributed by atoms with van der Waals surface area (Å²) in [6, 6.07) is 4.80. The summed E-state index contributed by atoms with van der Waals surface area (Å²) in [5, 5.41) is 12.8. The van der Waals surface area contributed by atoms with Crippen LogP contribution in [0.3, 0.4) is 0 Å². The van der Waals surface area contributed by atoms with Crippen molar-refractivity contribution in [3.63, 3.8) is 0 Å². The van der Waals surface area contributed by atoms with Gasteiger partial charge in [-0.2, -0.15) is 0 Å². The summed E-state index contributed by atoms with van der Waals surface area (Å²) in [5.41, 5.74) is 0. The van der Waals surface area contributed by atoms with Crippen LogP contribution in [0.5, 0.6) is 0 Å². The number of aliphatic carboxylic acids is 1. The number of halogens is 2. The molecule has 2 N–H and O–H groups in total. The molecular formula is C14H15Cl2NO3S. The first-order valence-electron chi connectivity index (χ1n) is 6.54. The summed E-state index contributed by atoms with van der Waals surface area (Å²) in [5.74, 6) is -0.597. The minimum absolute atomic E-state index is 0.0288. The van der Waals surface area contributed by atoms with Crippen LogP contribution in [-0.2, 0) is 9.59 Å². The maximum Gasteiger partial charge on any atom is 0.305 e. The van der Waals surface area contributed by atoms with E-state index in [1.807, 2.05) is 0 Å². The Balaban J connectivity index is 1.86. The lowest BCUT2D eigenvalue weighted by Crippen LogP contribution is -2.39. The van der Waals surface area contributed by atoms with Gasteiger partial charge in [0, 0.05) is 16.0 Å². The van der Waals surface area contributed by atoms with Crippen molar-refractivity contribution in [3.8, 4) is 0 Å². The lowest BCUT2D eigenvalue weighted by Gasteiger charge is -2.16. The Kier molecular flexibility index (Phi) is 5.79. The van der Waals surface area contributed by atoms with Crippen molar-refractivity contribution in [2.24, 2.45) is 5.92 Å². The third-order valence-electron chi connectivity index (χ3n) is 3.18. The fraction of sp³-hybridized carbons (Fsp3) is 0.429. The normalized spacial score (nSPS) is 15.5. The number of benzene rings is 1. The van der Waals surface area contributed by atoms with Crippen LogP contribution in [0.4, 0.5) is 0 Å². The van der Waals surface area contributed by atoms with Crippen molar-refractivity contribution >= 4 is 46.8 Å². The number of carbonyl (C=O) groups excluding carboxylic acids is 1. The number of carbonyl (C=O) groups is 2. The maximum atomic E-state index is 11.9. The maximum absolute atomic E-state index is 11.9. The summed E-state index contributed by atoms with van der Waals surface area (Å²) in [6.45, 7) is 0. The van der Waals surface area contributed by atoms with Crippen LogP contribution in [-0.4, -0.2) is 28.8 Å². The largest absolute Gasteiger partial charge is 0.481 e. The third-order valence-corrected chi connectivity index (χ3v) is 4.92. The Bertz CT molecular complexity index is 549. The van der Waals surface area contributed by atoms with Gasteiger partial charge in [-0.3, -0.25) is 9.59 Å². The zero-order chi connectivity index (χ0) is 15.4. The standard InChI is InChI=1S/C14H15Cl2NO3S/c15-9-3-4-10(16)12(5-9)21-7-13(18)17-11(6-14(19)20)8-1-2-8/h3-5,8,11H,1-2,6-7H2,(H,17,18)(H,19,20). The van der Waals surface area contributed by atoms with Gasteiger partial charge < -0.3 is 10.4 Å². The molecule has 2 rings (SSSR count). The molecule has 1 unspecified atom stereocenters. The average molecular weight is 348 g/mol. The van der Waals surface area contributed by atoms with Crippen molar-refractivity contribution in [1.82, 2.24) is 5.32 Å². The van der Waals surface area contributed by atoms with Gasteiger partial charge in [-0.25, -0.2) is 0 Å². The molecule has 0 aliphatic heterocycles. The summed E-state index contributed by atoms with van der Waals surface area (Å²) in [4.78, 5) is 23.5. The lowest BCUT2D eigenvalue weighted by molar-refractivity contribution is -0.137. The average Bonchev–Trinajstić information content (AvgIpc) is 3.23. The molecule has 1 aromatic rings. The van der Waals surface area contributed by atoms with Gasteiger partial charge in [-0.1, -0.05) is 23.2 Å². The van der Waals surface area contributed by atoms with Gasteiger partial charge in [0.05, 0.1) is 17.2 Å². The highest BCUT2D eigenvalue weighted by atomic mass is 35.5. The van der Waals surface area contributed by atoms with Crippen molar-refractivity contribution in [3.05, 3.63) is 28.2 Å². The third kappa shape index (κ3) is 5.41. The van der Waals surface area contributed by atoms with Crippen LogP contribution in [0.1, 0.15) is 19.3 Å². The second kappa shape index (κ2) is 7.38. The van der Waals surface area contributed by atoms with Gasteiger partial charge in [0.2, 0.25) is 5.91 Å². The lowest BCUT2D eigenvalue weighted by atomic mass is 10.1. The highest BCUT2D eigenvalue weighted by molar-refractivity contribution is 8.00. The van der Waals surface area contributed by atoms with Gasteiger partial charge in [0.15, 0.2) is 0 Å². The highest BCUT2D eigenvalue weighted by Gasteiger charge is 2.33. The molecule has 1 fully saturated rings.